The van der Waals surface area contributed by atoms with Crippen molar-refractivity contribution in [3.05, 3.63) is 0 Å². The summed E-state index contributed by atoms with van der Waals surface area (Å²) in [7, 11) is 1.41. The minimum atomic E-state index is -0.900. The van der Waals surface area contributed by atoms with E-state index in [9.17, 15) is 4.79 Å². The highest BCUT2D eigenvalue weighted by molar-refractivity contribution is 5.79. The first-order valence-electron chi connectivity index (χ1n) is 8.41. The molecule has 0 amide bonds. The molecule has 0 aromatic heterocycles. The molecule has 2 unspecified atom stereocenters. The van der Waals surface area contributed by atoms with Crippen molar-refractivity contribution < 1.29 is 9.53 Å². The fraction of sp³-hybridized carbons (Fsp3) is 0.941. The van der Waals surface area contributed by atoms with Gasteiger partial charge in [0.1, 0.15) is 5.54 Å². The normalized spacial score (nSPS) is 20.8. The lowest BCUT2D eigenvalue weighted by atomic mass is 9.93. The Balaban J connectivity index is 2.69. The Morgan fingerprint density at radius 3 is 2.38 bits per heavy atom. The highest BCUT2D eigenvalue weighted by Crippen LogP contribution is 2.28. The van der Waals surface area contributed by atoms with Crippen molar-refractivity contribution in [2.75, 3.05) is 13.7 Å². The van der Waals surface area contributed by atoms with Crippen molar-refractivity contribution in [2.24, 2.45) is 11.7 Å². The van der Waals surface area contributed by atoms with Crippen LogP contribution < -0.4 is 5.73 Å². The van der Waals surface area contributed by atoms with Gasteiger partial charge < -0.3 is 10.5 Å². The Labute approximate surface area is 130 Å². The minimum Gasteiger partial charge on any atom is -0.468 e. The van der Waals surface area contributed by atoms with Crippen molar-refractivity contribution in [3.63, 3.8) is 0 Å². The topological polar surface area (TPSA) is 55.6 Å². The molecule has 0 radical (unpaired) electrons. The predicted molar refractivity (Wildman–Crippen MR) is 87.1 cm³/mol. The molecule has 1 fully saturated rings. The molecule has 4 heteroatoms. The maximum Gasteiger partial charge on any atom is 0.325 e. The Kier molecular flexibility index (Phi) is 7.14. The van der Waals surface area contributed by atoms with Crippen LogP contribution in [0.5, 0.6) is 0 Å². The largest absolute Gasteiger partial charge is 0.468 e. The second kappa shape index (κ2) is 8.14. The Morgan fingerprint density at radius 1 is 1.33 bits per heavy atom. The van der Waals surface area contributed by atoms with E-state index in [1.165, 1.54) is 39.2 Å². The second-order valence-corrected chi connectivity index (χ2v) is 7.32. The summed E-state index contributed by atoms with van der Waals surface area (Å²) in [5.74, 6) is 0.385. The highest BCUT2D eigenvalue weighted by atomic mass is 16.5. The molecule has 0 bridgehead atoms. The van der Waals surface area contributed by atoms with E-state index in [0.29, 0.717) is 24.4 Å². The van der Waals surface area contributed by atoms with Crippen LogP contribution in [-0.2, 0) is 9.53 Å². The summed E-state index contributed by atoms with van der Waals surface area (Å²) in [4.78, 5) is 14.4. The maximum absolute atomic E-state index is 11.8. The number of rotatable bonds is 8. The average molecular weight is 298 g/mol. The van der Waals surface area contributed by atoms with Crippen LogP contribution in [0.25, 0.3) is 0 Å². The molecule has 0 saturated heterocycles. The molecule has 2 atom stereocenters. The molecule has 4 nitrogen and oxygen atoms in total. The highest BCUT2D eigenvalue weighted by Gasteiger charge is 2.35. The molecular formula is C17H34N2O2. The number of esters is 1. The third-order valence-electron chi connectivity index (χ3n) is 4.70. The second-order valence-electron chi connectivity index (χ2n) is 7.32. The molecule has 0 aliphatic heterocycles. The summed E-state index contributed by atoms with van der Waals surface area (Å²) in [6, 6.07) is 0.966. The van der Waals surface area contributed by atoms with Gasteiger partial charge in [-0.15, -0.1) is 0 Å². The quantitative estimate of drug-likeness (QED) is 0.700. The van der Waals surface area contributed by atoms with Gasteiger partial charge in [-0.05, 0) is 52.0 Å². The average Bonchev–Trinajstić information content (AvgIpc) is 2.90. The van der Waals surface area contributed by atoms with E-state index in [1.807, 2.05) is 0 Å². The fourth-order valence-electron chi connectivity index (χ4n) is 3.45. The van der Waals surface area contributed by atoms with Crippen LogP contribution in [0.2, 0.25) is 0 Å². The van der Waals surface area contributed by atoms with Crippen LogP contribution in [0.3, 0.4) is 0 Å². The molecule has 2 N–H and O–H groups in total. The van der Waals surface area contributed by atoms with E-state index in [4.69, 9.17) is 10.5 Å². The molecule has 0 aromatic rings. The lowest BCUT2D eigenvalue weighted by molar-refractivity contribution is -0.147. The summed E-state index contributed by atoms with van der Waals surface area (Å²) in [5, 5.41) is 0. The minimum absolute atomic E-state index is 0.306. The van der Waals surface area contributed by atoms with Gasteiger partial charge in [-0.2, -0.15) is 0 Å². The first kappa shape index (κ1) is 18.4. The Bertz CT molecular complexity index is 323. The van der Waals surface area contributed by atoms with Gasteiger partial charge in [-0.1, -0.05) is 26.7 Å². The van der Waals surface area contributed by atoms with Crippen molar-refractivity contribution in [2.45, 2.75) is 83.8 Å². The fourth-order valence-corrected chi connectivity index (χ4v) is 3.45. The van der Waals surface area contributed by atoms with Gasteiger partial charge in [-0.3, -0.25) is 9.69 Å². The lowest BCUT2D eigenvalue weighted by Gasteiger charge is -2.38. The van der Waals surface area contributed by atoms with Crippen LogP contribution in [-0.4, -0.2) is 42.1 Å². The van der Waals surface area contributed by atoms with Gasteiger partial charge >= 0.3 is 5.97 Å². The molecule has 124 valence electrons. The summed E-state index contributed by atoms with van der Waals surface area (Å²) in [6.45, 7) is 9.61. The van der Waals surface area contributed by atoms with E-state index in [1.54, 1.807) is 6.92 Å². The van der Waals surface area contributed by atoms with E-state index < -0.39 is 5.54 Å². The van der Waals surface area contributed by atoms with Gasteiger partial charge in [0, 0.05) is 12.1 Å². The molecule has 1 aliphatic carbocycles. The van der Waals surface area contributed by atoms with Crippen LogP contribution >= 0.6 is 0 Å². The number of hydrogen-bond acceptors (Lipinski definition) is 4. The standard InChI is InChI=1S/C17H34N2O2/c1-13(2)10-11-19(15-8-6-7-9-15)14(3)12-17(4,18)16(20)21-5/h13-15H,6-12,18H2,1-5H3. The van der Waals surface area contributed by atoms with Crippen LogP contribution in [0.4, 0.5) is 0 Å². The number of hydrogen-bond donors (Lipinski definition) is 1. The van der Waals surface area contributed by atoms with Crippen LogP contribution in [0.15, 0.2) is 0 Å². The monoisotopic (exact) mass is 298 g/mol. The molecule has 0 aromatic carbocycles. The summed E-state index contributed by atoms with van der Waals surface area (Å²) < 4.78 is 4.84. The molecule has 1 saturated carbocycles. The van der Waals surface area contributed by atoms with Crippen molar-refractivity contribution in [3.8, 4) is 0 Å². The van der Waals surface area contributed by atoms with Gasteiger partial charge in [0.2, 0.25) is 0 Å². The van der Waals surface area contributed by atoms with E-state index in [0.717, 1.165) is 6.54 Å². The SMILES string of the molecule is COC(=O)C(C)(N)CC(C)N(CCC(C)C)C1CCCC1. The number of nitrogens with two attached hydrogens (primary N) is 1. The Hall–Kier alpha value is -0.610. The first-order chi connectivity index (χ1) is 9.77. The number of carbonyl (C=O) groups excluding carboxylic acids is 1. The third-order valence-corrected chi connectivity index (χ3v) is 4.70. The van der Waals surface area contributed by atoms with Gasteiger partial charge in [0.15, 0.2) is 0 Å². The van der Waals surface area contributed by atoms with E-state index in [-0.39, 0.29) is 5.97 Å². The summed E-state index contributed by atoms with van der Waals surface area (Å²) in [5.41, 5.74) is 5.26. The van der Waals surface area contributed by atoms with Crippen LogP contribution in [0, 0.1) is 5.92 Å². The van der Waals surface area contributed by atoms with Crippen LogP contribution in [0.1, 0.15) is 66.2 Å². The van der Waals surface area contributed by atoms with Gasteiger partial charge in [-0.25, -0.2) is 0 Å². The maximum atomic E-state index is 11.8. The van der Waals surface area contributed by atoms with Gasteiger partial charge in [0.05, 0.1) is 7.11 Å². The lowest BCUT2D eigenvalue weighted by Crippen LogP contribution is -2.52. The molecule has 0 spiro atoms. The molecule has 0 heterocycles. The number of carbonyl (C=O) groups is 1. The van der Waals surface area contributed by atoms with E-state index >= 15 is 0 Å². The smallest absolute Gasteiger partial charge is 0.325 e. The number of methoxy groups -OCH3 is 1. The number of nitrogens with zero attached hydrogens (tertiary/aromatic N) is 1. The third kappa shape index (κ3) is 5.59. The zero-order valence-corrected chi connectivity index (χ0v) is 14.5. The van der Waals surface area contributed by atoms with Crippen molar-refractivity contribution in [1.82, 2.24) is 4.90 Å². The van der Waals surface area contributed by atoms with Crippen molar-refractivity contribution >= 4 is 5.97 Å². The predicted octanol–water partition coefficient (Wildman–Crippen LogP) is 2.95. The molecule has 21 heavy (non-hydrogen) atoms. The van der Waals surface area contributed by atoms with Crippen molar-refractivity contribution in [1.29, 1.82) is 0 Å². The Morgan fingerprint density at radius 2 is 1.90 bits per heavy atom. The molecule has 1 aliphatic rings. The first-order valence-corrected chi connectivity index (χ1v) is 8.41. The zero-order chi connectivity index (χ0) is 16.0. The van der Waals surface area contributed by atoms with Gasteiger partial charge in [0.25, 0.3) is 0 Å². The summed E-state index contributed by atoms with van der Waals surface area (Å²) in [6.07, 6.45) is 7.05. The number of ether oxygens (including phenoxy) is 1. The molecular weight excluding hydrogens is 264 g/mol. The molecule has 1 rings (SSSR count). The van der Waals surface area contributed by atoms with E-state index in [2.05, 4.69) is 25.7 Å². The zero-order valence-electron chi connectivity index (χ0n) is 14.5. The summed E-state index contributed by atoms with van der Waals surface area (Å²) >= 11 is 0.